The number of allylic oxidation sites excluding steroid dienone is 2. The van der Waals surface area contributed by atoms with Crippen molar-refractivity contribution in [2.75, 3.05) is 10.6 Å². The smallest absolute Gasteiger partial charge is 0.326 e. The number of imidazole rings is 2. The van der Waals surface area contributed by atoms with E-state index in [0.29, 0.717) is 40.0 Å². The van der Waals surface area contributed by atoms with Crippen LogP contribution in [0.1, 0.15) is 6.92 Å². The average Bonchev–Trinajstić information content (AvgIpc) is 3.31. The number of benzene rings is 2. The molecule has 0 saturated carbocycles. The van der Waals surface area contributed by atoms with Gasteiger partial charge in [-0.2, -0.15) is 0 Å². The highest BCUT2D eigenvalue weighted by Crippen LogP contribution is 2.32. The summed E-state index contributed by atoms with van der Waals surface area (Å²) in [6, 6.07) is 9.98. The van der Waals surface area contributed by atoms with E-state index in [1.807, 2.05) is 6.92 Å². The molecule has 0 radical (unpaired) electrons. The topological polar surface area (TPSA) is 134 Å². The van der Waals surface area contributed by atoms with Gasteiger partial charge in [0.05, 0.1) is 22.1 Å². The number of nitrogens with zero attached hydrogens (tertiary/aromatic N) is 2. The van der Waals surface area contributed by atoms with Crippen LogP contribution in [0.4, 0.5) is 11.4 Å². The molecule has 0 unspecified atom stereocenters. The van der Waals surface area contributed by atoms with Gasteiger partial charge in [0.25, 0.3) is 0 Å². The first-order valence-corrected chi connectivity index (χ1v) is 11.3. The van der Waals surface area contributed by atoms with E-state index in [0.717, 1.165) is 0 Å². The van der Waals surface area contributed by atoms with Crippen molar-refractivity contribution in [1.82, 2.24) is 19.1 Å². The first kappa shape index (κ1) is 22.8. The van der Waals surface area contributed by atoms with E-state index in [1.54, 1.807) is 48.0 Å². The summed E-state index contributed by atoms with van der Waals surface area (Å²) >= 11 is 12.6. The van der Waals surface area contributed by atoms with E-state index >= 15 is 0 Å². The Labute approximate surface area is 206 Å². The first-order valence-electron chi connectivity index (χ1n) is 10.5. The van der Waals surface area contributed by atoms with Crippen LogP contribution in [0, 0.1) is 0 Å². The van der Waals surface area contributed by atoms with Gasteiger partial charge in [-0.1, -0.05) is 23.2 Å². The molecule has 1 aliphatic carbocycles. The third kappa shape index (κ3) is 3.67. The predicted molar refractivity (Wildman–Crippen MR) is 135 cm³/mol. The second-order valence-electron chi connectivity index (χ2n) is 7.91. The molecule has 0 bridgehead atoms. The zero-order chi connectivity index (χ0) is 25.0. The van der Waals surface area contributed by atoms with Crippen molar-refractivity contribution in [3.63, 3.8) is 0 Å². The molecule has 0 aliphatic heterocycles. The molecule has 178 valence electrons. The fourth-order valence-corrected chi connectivity index (χ4v) is 4.48. The summed E-state index contributed by atoms with van der Waals surface area (Å²) in [4.78, 5) is 55.3. The Kier molecular flexibility index (Phi) is 5.42. The monoisotopic (exact) mass is 512 g/mol. The van der Waals surface area contributed by atoms with Crippen molar-refractivity contribution >= 4 is 68.2 Å². The van der Waals surface area contributed by atoms with Crippen molar-refractivity contribution in [2.45, 2.75) is 13.5 Å². The van der Waals surface area contributed by atoms with Gasteiger partial charge in [0.15, 0.2) is 0 Å². The van der Waals surface area contributed by atoms with Gasteiger partial charge >= 0.3 is 11.4 Å². The number of hydrogen-bond acceptors (Lipinski definition) is 6. The van der Waals surface area contributed by atoms with Crippen LogP contribution in [0.25, 0.3) is 22.1 Å². The molecule has 0 atom stereocenters. The maximum atomic E-state index is 13.0. The maximum absolute atomic E-state index is 13.0. The van der Waals surface area contributed by atoms with Crippen LogP contribution in [-0.2, 0) is 23.2 Å². The first-order chi connectivity index (χ1) is 16.7. The number of aromatic amines is 2. The molecule has 2 aromatic heterocycles. The number of aryl methyl sites for hydroxylation is 2. The van der Waals surface area contributed by atoms with Gasteiger partial charge in [0.1, 0.15) is 21.5 Å². The second kappa shape index (κ2) is 8.33. The molecule has 0 fully saturated rings. The third-order valence-corrected chi connectivity index (χ3v) is 6.55. The van der Waals surface area contributed by atoms with Gasteiger partial charge < -0.3 is 20.6 Å². The number of halogens is 2. The van der Waals surface area contributed by atoms with Crippen LogP contribution in [-0.4, -0.2) is 30.7 Å². The molecule has 12 heteroatoms. The van der Waals surface area contributed by atoms with E-state index in [4.69, 9.17) is 23.2 Å². The molecular formula is C23H18Cl2N6O4. The lowest BCUT2D eigenvalue weighted by Gasteiger charge is -2.20. The molecule has 4 N–H and O–H groups in total. The molecule has 10 nitrogen and oxygen atoms in total. The van der Waals surface area contributed by atoms with Gasteiger partial charge in [-0.15, -0.1) is 0 Å². The number of aromatic nitrogens is 4. The molecule has 4 aromatic rings. The van der Waals surface area contributed by atoms with Gasteiger partial charge in [-0.3, -0.25) is 18.7 Å². The zero-order valence-electron chi connectivity index (χ0n) is 18.5. The fourth-order valence-electron chi connectivity index (χ4n) is 4.03. The highest BCUT2D eigenvalue weighted by molar-refractivity contribution is 6.56. The van der Waals surface area contributed by atoms with Crippen molar-refractivity contribution in [1.29, 1.82) is 0 Å². The second-order valence-corrected chi connectivity index (χ2v) is 8.67. The van der Waals surface area contributed by atoms with E-state index in [9.17, 15) is 19.2 Å². The number of carbonyl (C=O) groups excluding carboxylic acids is 2. The molecule has 2 aromatic carbocycles. The van der Waals surface area contributed by atoms with Crippen LogP contribution in [0.5, 0.6) is 0 Å². The molecule has 5 rings (SSSR count). The van der Waals surface area contributed by atoms with Crippen molar-refractivity contribution in [3.05, 3.63) is 78.8 Å². The number of H-pyrrole nitrogens is 2. The van der Waals surface area contributed by atoms with E-state index in [2.05, 4.69) is 20.6 Å². The standard InChI is InChI=1S/C23H18Cl2N6O4/c1-3-31-15-7-5-11(9-13(15)29-23(31)35)27-19-17(25)20(32)18(16(24)21(19)33)26-10-4-6-14-12(8-10)28-22(34)30(14)2/h4-9,26-27H,3H2,1-2H3,(H,28,34)(H,29,35). The number of carbonyl (C=O) groups is 2. The number of hydrogen-bond donors (Lipinski definition) is 4. The molecule has 35 heavy (non-hydrogen) atoms. The summed E-state index contributed by atoms with van der Waals surface area (Å²) in [7, 11) is 1.63. The Morgan fingerprint density at radius 2 is 1.26 bits per heavy atom. The molecule has 0 spiro atoms. The molecular weight excluding hydrogens is 495 g/mol. The van der Waals surface area contributed by atoms with Gasteiger partial charge in [-0.25, -0.2) is 9.59 Å². The minimum Gasteiger partial charge on any atom is -0.351 e. The minimum atomic E-state index is -0.674. The molecule has 0 amide bonds. The predicted octanol–water partition coefficient (Wildman–Crippen LogP) is 3.11. The van der Waals surface area contributed by atoms with Crippen molar-refractivity contribution < 1.29 is 9.59 Å². The summed E-state index contributed by atoms with van der Waals surface area (Å²) in [5.74, 6) is -1.35. The molecule has 2 heterocycles. The third-order valence-electron chi connectivity index (χ3n) is 5.82. The average molecular weight is 513 g/mol. The molecule has 0 saturated heterocycles. The Hall–Kier alpha value is -4.02. The van der Waals surface area contributed by atoms with Gasteiger partial charge in [0.2, 0.25) is 11.6 Å². The van der Waals surface area contributed by atoms with Crippen molar-refractivity contribution in [2.24, 2.45) is 7.05 Å². The molecule has 1 aliphatic rings. The van der Waals surface area contributed by atoms with Crippen LogP contribution >= 0.6 is 23.2 Å². The number of rotatable bonds is 5. The lowest BCUT2D eigenvalue weighted by Crippen LogP contribution is -2.27. The van der Waals surface area contributed by atoms with Crippen LogP contribution in [0.3, 0.4) is 0 Å². The van der Waals surface area contributed by atoms with E-state index in [1.165, 1.54) is 4.57 Å². The summed E-state index contributed by atoms with van der Waals surface area (Å²) in [6.07, 6.45) is 0. The summed E-state index contributed by atoms with van der Waals surface area (Å²) < 4.78 is 3.02. The van der Waals surface area contributed by atoms with Gasteiger partial charge in [0, 0.05) is 25.0 Å². The highest BCUT2D eigenvalue weighted by Gasteiger charge is 2.34. The van der Waals surface area contributed by atoms with Crippen LogP contribution < -0.4 is 22.0 Å². The summed E-state index contributed by atoms with van der Waals surface area (Å²) in [5, 5.41) is 5.02. The van der Waals surface area contributed by atoms with Crippen LogP contribution in [0.15, 0.2) is 67.4 Å². The number of Topliss-reactive ketones (excluding diaryl/α,β-unsaturated/α-hetero) is 2. The Morgan fingerprint density at radius 1 is 0.771 bits per heavy atom. The quantitative estimate of drug-likeness (QED) is 0.303. The summed E-state index contributed by atoms with van der Waals surface area (Å²) in [6.45, 7) is 2.36. The van der Waals surface area contributed by atoms with E-state index < -0.39 is 11.6 Å². The lowest BCUT2D eigenvalue weighted by atomic mass is 10.0. The number of fused-ring (bicyclic) bond motifs is 2. The summed E-state index contributed by atoms with van der Waals surface area (Å²) in [5.41, 5.74) is 2.47. The van der Waals surface area contributed by atoms with Crippen molar-refractivity contribution in [3.8, 4) is 0 Å². The SMILES string of the molecule is CCn1c(=O)[nH]c2cc(NC3=C(Cl)C(=O)C(Nc4ccc5c(c4)[nH]c(=O)n5C)=C(Cl)C3=O)ccc21. The van der Waals surface area contributed by atoms with E-state index in [-0.39, 0.29) is 32.8 Å². The number of nitrogens with one attached hydrogen (secondary N) is 4. The fraction of sp³-hybridized carbons (Fsp3) is 0.130. The minimum absolute atomic E-state index is 0.174. The Bertz CT molecular complexity index is 1750. The lowest BCUT2D eigenvalue weighted by molar-refractivity contribution is -0.115. The zero-order valence-corrected chi connectivity index (χ0v) is 20.0. The Morgan fingerprint density at radius 3 is 1.80 bits per heavy atom. The highest BCUT2D eigenvalue weighted by atomic mass is 35.5. The number of ketones is 2. The largest absolute Gasteiger partial charge is 0.351 e. The van der Waals surface area contributed by atoms with Crippen LogP contribution in [0.2, 0.25) is 0 Å². The Balaban J connectivity index is 1.45. The maximum Gasteiger partial charge on any atom is 0.326 e. The van der Waals surface area contributed by atoms with Gasteiger partial charge in [-0.05, 0) is 43.3 Å². The normalized spacial score (nSPS) is 14.5. The number of anilines is 2.